The zero-order chi connectivity index (χ0) is 21.5. The molecule has 0 spiro atoms. The number of hydrogen-bond donors (Lipinski definition) is 5. The molecule has 3 rings (SSSR count). The summed E-state index contributed by atoms with van der Waals surface area (Å²) in [5.41, 5.74) is 6.27. The summed E-state index contributed by atoms with van der Waals surface area (Å²) in [5, 5.41) is 16.1. The first-order valence-electron chi connectivity index (χ1n) is 10.2. The van der Waals surface area contributed by atoms with E-state index < -0.39 is 11.9 Å². The van der Waals surface area contributed by atoms with Crippen molar-refractivity contribution in [3.8, 4) is 0 Å². The molecule has 3 amide bonds. The summed E-state index contributed by atoms with van der Waals surface area (Å²) in [7, 11) is 0. The normalized spacial score (nSPS) is 20.8. The minimum absolute atomic E-state index is 0.0260. The SMILES string of the molecule is N=C(N)N1CCC(NC(=O)C2CC=CCCC(=O)Nc3ccccc3C(=O)N2)CC1. The molecule has 160 valence electrons. The number of hydrogen-bond acceptors (Lipinski definition) is 4. The first-order chi connectivity index (χ1) is 14.4. The van der Waals surface area contributed by atoms with Crippen molar-refractivity contribution >= 4 is 29.4 Å². The van der Waals surface area contributed by atoms with Crippen LogP contribution in [-0.2, 0) is 9.59 Å². The Morgan fingerprint density at radius 3 is 2.63 bits per heavy atom. The van der Waals surface area contributed by atoms with Crippen molar-refractivity contribution in [3.05, 3.63) is 42.0 Å². The summed E-state index contributed by atoms with van der Waals surface area (Å²) in [6.07, 6.45) is 6.26. The van der Waals surface area contributed by atoms with Gasteiger partial charge in [-0.1, -0.05) is 24.3 Å². The highest BCUT2D eigenvalue weighted by atomic mass is 16.2. The van der Waals surface area contributed by atoms with Gasteiger partial charge in [-0.3, -0.25) is 19.8 Å². The Balaban J connectivity index is 1.70. The standard InChI is InChI=1S/C21H28N6O3/c22-21(23)27-12-10-14(11-13-27)24-20(30)17-8-2-1-3-9-18(28)25-16-7-5-4-6-15(16)19(29)26-17/h1-2,4-7,14,17H,3,8-13H2,(H3,22,23)(H,24,30)(H,25,28)(H,26,29). The maximum atomic E-state index is 12.9. The number of para-hydroxylation sites is 1. The molecule has 1 fully saturated rings. The first-order valence-corrected chi connectivity index (χ1v) is 10.2. The number of allylic oxidation sites excluding steroid dienone is 1. The molecule has 2 aliphatic heterocycles. The number of carbonyl (C=O) groups is 3. The summed E-state index contributed by atoms with van der Waals surface area (Å²) in [6.45, 7) is 1.23. The lowest BCUT2D eigenvalue weighted by atomic mass is 10.0. The number of nitrogens with one attached hydrogen (secondary N) is 4. The van der Waals surface area contributed by atoms with Crippen LogP contribution in [0.4, 0.5) is 5.69 Å². The van der Waals surface area contributed by atoms with E-state index in [-0.39, 0.29) is 23.8 Å². The minimum Gasteiger partial charge on any atom is -0.370 e. The van der Waals surface area contributed by atoms with Gasteiger partial charge in [0.2, 0.25) is 11.8 Å². The van der Waals surface area contributed by atoms with Crippen LogP contribution in [0, 0.1) is 5.41 Å². The largest absolute Gasteiger partial charge is 0.370 e. The summed E-state index contributed by atoms with van der Waals surface area (Å²) < 4.78 is 0. The van der Waals surface area contributed by atoms with E-state index in [9.17, 15) is 14.4 Å². The van der Waals surface area contributed by atoms with Crippen LogP contribution in [0.1, 0.15) is 42.5 Å². The van der Waals surface area contributed by atoms with Crippen LogP contribution < -0.4 is 21.7 Å². The molecule has 2 heterocycles. The van der Waals surface area contributed by atoms with Crippen LogP contribution >= 0.6 is 0 Å². The van der Waals surface area contributed by atoms with Gasteiger partial charge in [0.25, 0.3) is 5.91 Å². The first kappa shape index (κ1) is 21.4. The summed E-state index contributed by atoms with van der Waals surface area (Å²) in [5.74, 6) is -0.770. The number of anilines is 1. The van der Waals surface area contributed by atoms with E-state index >= 15 is 0 Å². The lowest BCUT2D eigenvalue weighted by Crippen LogP contribution is -2.53. The molecule has 0 bridgehead atoms. The van der Waals surface area contributed by atoms with E-state index in [1.807, 2.05) is 12.2 Å². The van der Waals surface area contributed by atoms with Crippen molar-refractivity contribution in [2.75, 3.05) is 18.4 Å². The third-order valence-corrected chi connectivity index (χ3v) is 5.33. The Morgan fingerprint density at radius 1 is 1.17 bits per heavy atom. The maximum absolute atomic E-state index is 12.9. The van der Waals surface area contributed by atoms with Crippen molar-refractivity contribution < 1.29 is 14.4 Å². The zero-order valence-electron chi connectivity index (χ0n) is 16.8. The van der Waals surface area contributed by atoms with Crippen LogP contribution in [0.15, 0.2) is 36.4 Å². The highest BCUT2D eigenvalue weighted by Crippen LogP contribution is 2.17. The molecule has 6 N–H and O–H groups in total. The summed E-state index contributed by atoms with van der Waals surface area (Å²) >= 11 is 0. The molecule has 1 aromatic rings. The average Bonchev–Trinajstić information content (AvgIpc) is 2.72. The summed E-state index contributed by atoms with van der Waals surface area (Å²) in [4.78, 5) is 39.6. The fourth-order valence-corrected chi connectivity index (χ4v) is 3.60. The number of fused-ring (bicyclic) bond motifs is 1. The molecule has 1 unspecified atom stereocenters. The van der Waals surface area contributed by atoms with E-state index in [0.29, 0.717) is 56.4 Å². The second kappa shape index (κ2) is 9.91. The molecule has 0 aromatic heterocycles. The highest BCUT2D eigenvalue weighted by molar-refractivity contribution is 6.05. The molecule has 0 saturated carbocycles. The smallest absolute Gasteiger partial charge is 0.254 e. The third kappa shape index (κ3) is 5.59. The van der Waals surface area contributed by atoms with Gasteiger partial charge in [0, 0.05) is 25.6 Å². The molecular formula is C21H28N6O3. The van der Waals surface area contributed by atoms with Crippen molar-refractivity contribution in [1.29, 1.82) is 5.41 Å². The number of guanidine groups is 1. The zero-order valence-corrected chi connectivity index (χ0v) is 16.8. The molecule has 0 aliphatic carbocycles. The van der Waals surface area contributed by atoms with Crippen molar-refractivity contribution in [2.24, 2.45) is 5.73 Å². The number of benzene rings is 1. The number of likely N-dealkylation sites (tertiary alicyclic amines) is 1. The molecule has 1 aromatic carbocycles. The van der Waals surface area contributed by atoms with Crippen molar-refractivity contribution in [3.63, 3.8) is 0 Å². The van der Waals surface area contributed by atoms with Crippen molar-refractivity contribution in [2.45, 2.75) is 44.2 Å². The molecule has 0 radical (unpaired) electrons. The number of carbonyl (C=O) groups excluding carboxylic acids is 3. The van der Waals surface area contributed by atoms with Gasteiger partial charge in [-0.25, -0.2) is 0 Å². The number of nitrogens with zero attached hydrogens (tertiary/aromatic N) is 1. The highest BCUT2D eigenvalue weighted by Gasteiger charge is 2.26. The van der Waals surface area contributed by atoms with Crippen molar-refractivity contribution in [1.82, 2.24) is 15.5 Å². The average molecular weight is 412 g/mol. The number of nitrogens with two attached hydrogens (primary N) is 1. The lowest BCUT2D eigenvalue weighted by Gasteiger charge is -2.33. The van der Waals surface area contributed by atoms with Crippen LogP contribution in [0.25, 0.3) is 0 Å². The van der Waals surface area contributed by atoms with E-state index in [4.69, 9.17) is 11.1 Å². The van der Waals surface area contributed by atoms with Gasteiger partial charge in [-0.15, -0.1) is 0 Å². The summed E-state index contributed by atoms with van der Waals surface area (Å²) in [6, 6.07) is 6.01. The minimum atomic E-state index is -0.720. The molecule has 30 heavy (non-hydrogen) atoms. The van der Waals surface area contributed by atoms with Gasteiger partial charge in [0.15, 0.2) is 5.96 Å². The molecule has 1 atom stereocenters. The maximum Gasteiger partial charge on any atom is 0.254 e. The number of rotatable bonds is 2. The Kier molecular flexibility index (Phi) is 7.05. The van der Waals surface area contributed by atoms with Crippen LogP contribution in [0.3, 0.4) is 0 Å². The van der Waals surface area contributed by atoms with E-state index in [2.05, 4.69) is 16.0 Å². The quantitative estimate of drug-likeness (QED) is 0.279. The fourth-order valence-electron chi connectivity index (χ4n) is 3.60. The van der Waals surface area contributed by atoms with Gasteiger partial charge < -0.3 is 26.6 Å². The molecule has 1 saturated heterocycles. The lowest BCUT2D eigenvalue weighted by molar-refractivity contribution is -0.124. The van der Waals surface area contributed by atoms with Gasteiger partial charge in [-0.2, -0.15) is 0 Å². The Labute approximate surface area is 175 Å². The van der Waals surface area contributed by atoms with Gasteiger partial charge in [0.05, 0.1) is 11.3 Å². The molecule has 2 aliphatic rings. The predicted molar refractivity (Wildman–Crippen MR) is 114 cm³/mol. The third-order valence-electron chi connectivity index (χ3n) is 5.33. The van der Waals surface area contributed by atoms with Gasteiger partial charge in [-0.05, 0) is 37.8 Å². The predicted octanol–water partition coefficient (Wildman–Crippen LogP) is 0.938. The second-order valence-corrected chi connectivity index (χ2v) is 7.52. The van der Waals surface area contributed by atoms with Crippen LogP contribution in [0.5, 0.6) is 0 Å². The Bertz CT molecular complexity index is 845. The van der Waals surface area contributed by atoms with Gasteiger partial charge >= 0.3 is 0 Å². The van der Waals surface area contributed by atoms with Gasteiger partial charge in [0.1, 0.15) is 6.04 Å². The van der Waals surface area contributed by atoms with E-state index in [1.54, 1.807) is 29.2 Å². The number of piperidine rings is 1. The Morgan fingerprint density at radius 2 is 1.90 bits per heavy atom. The topological polar surface area (TPSA) is 140 Å². The van der Waals surface area contributed by atoms with Crippen LogP contribution in [-0.4, -0.2) is 53.8 Å². The molecule has 9 heteroatoms. The second-order valence-electron chi connectivity index (χ2n) is 7.52. The molecular weight excluding hydrogens is 384 g/mol. The number of amides is 3. The molecule has 9 nitrogen and oxygen atoms in total. The van der Waals surface area contributed by atoms with Crippen LogP contribution in [0.2, 0.25) is 0 Å². The fraction of sp³-hybridized carbons (Fsp3) is 0.429. The Hall–Kier alpha value is -3.36. The van der Waals surface area contributed by atoms with E-state index in [0.717, 1.165) is 0 Å². The van der Waals surface area contributed by atoms with E-state index in [1.165, 1.54) is 0 Å². The monoisotopic (exact) mass is 412 g/mol.